The molecule has 0 aromatic heterocycles. The number of carbonyl (C=O) groups excluding carboxylic acids is 1. The van der Waals surface area contributed by atoms with Crippen molar-refractivity contribution in [3.05, 3.63) is 23.8 Å². The number of carboxylic acid groups (broad SMARTS) is 1. The van der Waals surface area contributed by atoms with E-state index < -0.39 is 5.97 Å². The largest absolute Gasteiger partial charge is 0.478 e. The van der Waals surface area contributed by atoms with Crippen molar-refractivity contribution in [2.24, 2.45) is 0 Å². The molecule has 1 aromatic carbocycles. The Morgan fingerprint density at radius 3 is 2.89 bits per heavy atom. The number of hydrogen-bond acceptors (Lipinski definition) is 4. The first-order chi connectivity index (χ1) is 8.58. The summed E-state index contributed by atoms with van der Waals surface area (Å²) in [5.41, 5.74) is 6.54. The second-order valence-electron chi connectivity index (χ2n) is 4.24. The molecule has 0 radical (unpaired) electrons. The molecule has 1 aliphatic heterocycles. The van der Waals surface area contributed by atoms with Gasteiger partial charge in [-0.3, -0.25) is 4.79 Å². The average molecular weight is 249 g/mol. The van der Waals surface area contributed by atoms with E-state index in [-0.39, 0.29) is 23.2 Å². The summed E-state index contributed by atoms with van der Waals surface area (Å²) in [4.78, 5) is 22.4. The number of aromatic carboxylic acids is 1. The Morgan fingerprint density at radius 2 is 2.28 bits per heavy atom. The minimum atomic E-state index is -1.06. The predicted octanol–water partition coefficient (Wildman–Crippen LogP) is 0.657. The first kappa shape index (κ1) is 12.2. The van der Waals surface area contributed by atoms with Crippen molar-refractivity contribution in [2.75, 3.05) is 17.6 Å². The van der Waals surface area contributed by atoms with Gasteiger partial charge in [0.25, 0.3) is 0 Å². The van der Waals surface area contributed by atoms with Crippen LogP contribution >= 0.6 is 0 Å². The maximum absolute atomic E-state index is 11.6. The van der Waals surface area contributed by atoms with Crippen LogP contribution in [-0.4, -0.2) is 29.6 Å². The quantitative estimate of drug-likeness (QED) is 0.589. The Labute approximate surface area is 104 Å². The molecule has 1 amide bonds. The molecule has 5 N–H and O–H groups in total. The van der Waals surface area contributed by atoms with Crippen molar-refractivity contribution < 1.29 is 14.7 Å². The van der Waals surface area contributed by atoms with Gasteiger partial charge in [-0.25, -0.2) is 4.79 Å². The van der Waals surface area contributed by atoms with E-state index in [4.69, 9.17) is 10.8 Å². The number of nitrogen functional groups attached to an aromatic ring is 1. The second-order valence-corrected chi connectivity index (χ2v) is 4.24. The third-order valence-corrected chi connectivity index (χ3v) is 2.91. The van der Waals surface area contributed by atoms with Gasteiger partial charge in [-0.05, 0) is 31.0 Å². The lowest BCUT2D eigenvalue weighted by Gasteiger charge is -2.23. The van der Waals surface area contributed by atoms with Crippen LogP contribution in [0.5, 0.6) is 0 Å². The van der Waals surface area contributed by atoms with Crippen LogP contribution in [0.3, 0.4) is 0 Å². The average Bonchev–Trinajstić information content (AvgIpc) is 2.32. The number of nitrogens with one attached hydrogen (secondary N) is 2. The van der Waals surface area contributed by atoms with Crippen molar-refractivity contribution >= 4 is 23.3 Å². The Hall–Kier alpha value is -2.24. The molecule has 96 valence electrons. The van der Waals surface area contributed by atoms with Gasteiger partial charge in [0.1, 0.15) is 6.04 Å². The van der Waals surface area contributed by atoms with E-state index in [0.717, 1.165) is 12.8 Å². The molecule has 6 nitrogen and oxygen atoms in total. The van der Waals surface area contributed by atoms with Crippen LogP contribution in [0.1, 0.15) is 23.2 Å². The van der Waals surface area contributed by atoms with Crippen LogP contribution in [0, 0.1) is 0 Å². The van der Waals surface area contributed by atoms with Gasteiger partial charge in [0.2, 0.25) is 5.91 Å². The molecule has 0 aliphatic carbocycles. The monoisotopic (exact) mass is 249 g/mol. The fourth-order valence-electron chi connectivity index (χ4n) is 1.96. The van der Waals surface area contributed by atoms with E-state index in [1.54, 1.807) is 6.07 Å². The van der Waals surface area contributed by atoms with Gasteiger partial charge in [0.15, 0.2) is 0 Å². The Bertz CT molecular complexity index is 487. The highest BCUT2D eigenvalue weighted by Gasteiger charge is 2.21. The maximum Gasteiger partial charge on any atom is 0.337 e. The van der Waals surface area contributed by atoms with Gasteiger partial charge in [-0.2, -0.15) is 0 Å². The third kappa shape index (κ3) is 2.53. The summed E-state index contributed by atoms with van der Waals surface area (Å²) in [5.74, 6) is -1.10. The van der Waals surface area contributed by atoms with Gasteiger partial charge < -0.3 is 21.5 Å². The van der Waals surface area contributed by atoms with Crippen molar-refractivity contribution in [2.45, 2.75) is 18.9 Å². The van der Waals surface area contributed by atoms with E-state index in [2.05, 4.69) is 10.6 Å². The zero-order chi connectivity index (χ0) is 13.1. The van der Waals surface area contributed by atoms with E-state index in [1.807, 2.05) is 0 Å². The molecule has 0 bridgehead atoms. The van der Waals surface area contributed by atoms with E-state index >= 15 is 0 Å². The minimum Gasteiger partial charge on any atom is -0.478 e. The van der Waals surface area contributed by atoms with Crippen molar-refractivity contribution in [3.63, 3.8) is 0 Å². The number of rotatable bonds is 3. The number of amides is 1. The molecule has 1 aromatic rings. The van der Waals surface area contributed by atoms with Crippen LogP contribution < -0.4 is 16.4 Å². The predicted molar refractivity (Wildman–Crippen MR) is 67.5 cm³/mol. The van der Waals surface area contributed by atoms with Gasteiger partial charge in [0.05, 0.1) is 5.56 Å². The molecule has 1 heterocycles. The molecule has 1 aliphatic rings. The second kappa shape index (κ2) is 4.95. The highest BCUT2D eigenvalue weighted by molar-refractivity contribution is 5.94. The first-order valence-corrected chi connectivity index (χ1v) is 5.75. The van der Waals surface area contributed by atoms with Crippen LogP contribution in [0.4, 0.5) is 11.4 Å². The number of nitrogens with two attached hydrogens (primary N) is 1. The molecule has 1 saturated heterocycles. The van der Waals surface area contributed by atoms with Gasteiger partial charge in [-0.1, -0.05) is 0 Å². The third-order valence-electron chi connectivity index (χ3n) is 2.91. The van der Waals surface area contributed by atoms with Crippen molar-refractivity contribution in [1.29, 1.82) is 0 Å². The summed E-state index contributed by atoms with van der Waals surface area (Å²) in [6, 6.07) is 4.29. The smallest absolute Gasteiger partial charge is 0.337 e. The van der Waals surface area contributed by atoms with Gasteiger partial charge in [-0.15, -0.1) is 0 Å². The van der Waals surface area contributed by atoms with Crippen LogP contribution in [0.25, 0.3) is 0 Å². The Morgan fingerprint density at radius 1 is 1.50 bits per heavy atom. The molecule has 0 saturated carbocycles. The molecular formula is C12H15N3O3. The maximum atomic E-state index is 11.6. The number of piperidine rings is 1. The molecule has 1 unspecified atom stereocenters. The van der Waals surface area contributed by atoms with E-state index in [1.165, 1.54) is 12.1 Å². The molecule has 1 fully saturated rings. The van der Waals surface area contributed by atoms with E-state index in [9.17, 15) is 9.59 Å². The Kier molecular flexibility index (Phi) is 3.36. The number of carboxylic acids is 1. The zero-order valence-corrected chi connectivity index (χ0v) is 9.77. The molecular weight excluding hydrogens is 234 g/mol. The molecule has 1 atom stereocenters. The fraction of sp³-hybridized carbons (Fsp3) is 0.333. The number of carbonyl (C=O) groups is 2. The summed E-state index contributed by atoms with van der Waals surface area (Å²) < 4.78 is 0. The molecule has 0 spiro atoms. The van der Waals surface area contributed by atoms with Crippen LogP contribution in [0.15, 0.2) is 18.2 Å². The molecule has 6 heteroatoms. The molecule has 2 rings (SSSR count). The summed E-state index contributed by atoms with van der Waals surface area (Å²) in [6.45, 7) is 0.705. The van der Waals surface area contributed by atoms with E-state index in [0.29, 0.717) is 12.2 Å². The van der Waals surface area contributed by atoms with Crippen molar-refractivity contribution in [1.82, 2.24) is 5.32 Å². The SMILES string of the molecule is Nc1cc(NC2CCCNC2=O)ccc1C(=O)O. The van der Waals surface area contributed by atoms with Crippen LogP contribution in [-0.2, 0) is 4.79 Å². The summed E-state index contributed by atoms with van der Waals surface area (Å²) >= 11 is 0. The van der Waals surface area contributed by atoms with Crippen molar-refractivity contribution in [3.8, 4) is 0 Å². The zero-order valence-electron chi connectivity index (χ0n) is 9.77. The fourth-order valence-corrected chi connectivity index (χ4v) is 1.96. The number of hydrogen-bond donors (Lipinski definition) is 4. The summed E-state index contributed by atoms with van der Waals surface area (Å²) in [7, 11) is 0. The van der Waals surface area contributed by atoms with Gasteiger partial charge >= 0.3 is 5.97 Å². The van der Waals surface area contributed by atoms with Gasteiger partial charge in [0, 0.05) is 17.9 Å². The number of anilines is 2. The lowest BCUT2D eigenvalue weighted by Crippen LogP contribution is -2.44. The standard InChI is InChI=1S/C12H15N3O3/c13-9-6-7(3-4-8(9)12(17)18)15-10-2-1-5-14-11(10)16/h3-4,6,10,15H,1-2,5,13H2,(H,14,16)(H,17,18). The normalized spacial score (nSPS) is 19.1. The highest BCUT2D eigenvalue weighted by Crippen LogP contribution is 2.20. The Balaban J connectivity index is 2.12. The highest BCUT2D eigenvalue weighted by atomic mass is 16.4. The van der Waals surface area contributed by atoms with Crippen LogP contribution in [0.2, 0.25) is 0 Å². The topological polar surface area (TPSA) is 104 Å². The summed E-state index contributed by atoms with van der Waals surface area (Å²) in [5, 5.41) is 14.7. The lowest BCUT2D eigenvalue weighted by atomic mass is 10.1. The molecule has 18 heavy (non-hydrogen) atoms. The minimum absolute atomic E-state index is 0.0397. The lowest BCUT2D eigenvalue weighted by molar-refractivity contribution is -0.123. The summed E-state index contributed by atoms with van der Waals surface area (Å²) in [6.07, 6.45) is 1.68. The first-order valence-electron chi connectivity index (χ1n) is 5.75. The number of benzene rings is 1.